The van der Waals surface area contributed by atoms with Gasteiger partial charge in [0.1, 0.15) is 6.07 Å². The predicted molar refractivity (Wildman–Crippen MR) is 97.4 cm³/mol. The highest BCUT2D eigenvalue weighted by Crippen LogP contribution is 2.20. The van der Waals surface area contributed by atoms with Gasteiger partial charge in [0.2, 0.25) is 5.95 Å². The van der Waals surface area contributed by atoms with Gasteiger partial charge in [-0.1, -0.05) is 42.5 Å². The van der Waals surface area contributed by atoms with Gasteiger partial charge < -0.3 is 10.2 Å². The zero-order valence-electron chi connectivity index (χ0n) is 13.9. The fourth-order valence-electron chi connectivity index (χ4n) is 2.44. The Hall–Kier alpha value is -3.46. The Balaban J connectivity index is 1.81. The normalized spacial score (nSPS) is 10.1. The molecule has 124 valence electrons. The number of benzene rings is 2. The molecule has 0 bridgehead atoms. The summed E-state index contributed by atoms with van der Waals surface area (Å²) in [7, 11) is 0. The van der Waals surface area contributed by atoms with Gasteiger partial charge in [0.05, 0.1) is 17.4 Å². The molecule has 3 aromatic rings. The van der Waals surface area contributed by atoms with Gasteiger partial charge in [0.25, 0.3) is 0 Å². The van der Waals surface area contributed by atoms with Gasteiger partial charge in [-0.15, -0.1) is 5.10 Å². The van der Waals surface area contributed by atoms with Crippen LogP contribution in [0.4, 0.5) is 17.5 Å². The van der Waals surface area contributed by atoms with E-state index >= 15 is 0 Å². The summed E-state index contributed by atoms with van der Waals surface area (Å²) in [5, 5.41) is 20.5. The minimum absolute atomic E-state index is 0.547. The Kier molecular flexibility index (Phi) is 5.17. The molecule has 0 fully saturated rings. The molecule has 0 spiro atoms. The van der Waals surface area contributed by atoms with E-state index in [9.17, 15) is 5.26 Å². The summed E-state index contributed by atoms with van der Waals surface area (Å²) in [4.78, 5) is 6.59. The second kappa shape index (κ2) is 7.88. The lowest BCUT2D eigenvalue weighted by atomic mass is 10.2. The van der Waals surface area contributed by atoms with E-state index in [0.717, 1.165) is 6.54 Å². The number of nitriles is 1. The van der Waals surface area contributed by atoms with Crippen LogP contribution in [0, 0.1) is 11.3 Å². The number of aromatic nitrogens is 3. The lowest BCUT2D eigenvalue weighted by Gasteiger charge is -2.20. The Morgan fingerprint density at radius 3 is 2.60 bits per heavy atom. The highest BCUT2D eigenvalue weighted by molar-refractivity contribution is 5.64. The molecule has 3 rings (SSSR count). The van der Waals surface area contributed by atoms with Gasteiger partial charge in [-0.05, 0) is 24.6 Å². The van der Waals surface area contributed by atoms with Crippen molar-refractivity contribution in [1.29, 1.82) is 5.26 Å². The highest BCUT2D eigenvalue weighted by Gasteiger charge is 2.11. The molecule has 0 saturated carbocycles. The summed E-state index contributed by atoms with van der Waals surface area (Å²) in [6, 6.07) is 19.6. The van der Waals surface area contributed by atoms with Crippen LogP contribution in [0.2, 0.25) is 0 Å². The average molecular weight is 330 g/mol. The zero-order valence-corrected chi connectivity index (χ0v) is 13.9. The van der Waals surface area contributed by atoms with Crippen LogP contribution in [0.1, 0.15) is 18.1 Å². The Morgan fingerprint density at radius 1 is 1.08 bits per heavy atom. The predicted octanol–water partition coefficient (Wildman–Crippen LogP) is 3.51. The number of para-hydroxylation sites is 1. The van der Waals surface area contributed by atoms with E-state index < -0.39 is 0 Å². The van der Waals surface area contributed by atoms with Gasteiger partial charge >= 0.3 is 0 Å². The van der Waals surface area contributed by atoms with E-state index in [4.69, 9.17) is 0 Å². The van der Waals surface area contributed by atoms with Gasteiger partial charge in [-0.2, -0.15) is 15.3 Å². The summed E-state index contributed by atoms with van der Waals surface area (Å²) in [5.41, 5.74) is 2.43. The van der Waals surface area contributed by atoms with Crippen LogP contribution in [0.25, 0.3) is 0 Å². The number of rotatable bonds is 6. The maximum absolute atomic E-state index is 9.19. The summed E-state index contributed by atoms with van der Waals surface area (Å²) < 4.78 is 0. The van der Waals surface area contributed by atoms with E-state index in [1.54, 1.807) is 12.3 Å². The summed E-state index contributed by atoms with van der Waals surface area (Å²) >= 11 is 0. The first-order chi connectivity index (χ1) is 12.3. The van der Waals surface area contributed by atoms with Crippen molar-refractivity contribution in [2.45, 2.75) is 13.5 Å². The number of nitrogens with one attached hydrogen (secondary N) is 1. The van der Waals surface area contributed by atoms with Crippen molar-refractivity contribution in [2.24, 2.45) is 0 Å². The van der Waals surface area contributed by atoms with Crippen molar-refractivity contribution in [3.63, 3.8) is 0 Å². The van der Waals surface area contributed by atoms with Gasteiger partial charge in [0, 0.05) is 13.1 Å². The van der Waals surface area contributed by atoms with Gasteiger partial charge in [-0.3, -0.25) is 0 Å². The van der Waals surface area contributed by atoms with Gasteiger partial charge in [0.15, 0.2) is 5.82 Å². The Morgan fingerprint density at radius 2 is 1.84 bits per heavy atom. The van der Waals surface area contributed by atoms with Crippen molar-refractivity contribution in [2.75, 3.05) is 16.8 Å². The number of anilines is 3. The first kappa shape index (κ1) is 16.4. The second-order valence-electron chi connectivity index (χ2n) is 5.42. The van der Waals surface area contributed by atoms with Crippen molar-refractivity contribution < 1.29 is 0 Å². The first-order valence-corrected chi connectivity index (χ1v) is 8.05. The fourth-order valence-corrected chi connectivity index (χ4v) is 2.44. The van der Waals surface area contributed by atoms with Crippen LogP contribution in [-0.4, -0.2) is 21.7 Å². The quantitative estimate of drug-likeness (QED) is 0.745. The molecule has 6 heteroatoms. The lowest BCUT2D eigenvalue weighted by Crippen LogP contribution is -2.24. The largest absolute Gasteiger partial charge is 0.338 e. The smallest absolute Gasteiger partial charge is 0.247 e. The minimum Gasteiger partial charge on any atom is -0.338 e. The van der Waals surface area contributed by atoms with Crippen molar-refractivity contribution in [1.82, 2.24) is 15.2 Å². The maximum Gasteiger partial charge on any atom is 0.247 e. The molecule has 0 aliphatic carbocycles. The maximum atomic E-state index is 9.19. The molecule has 1 aromatic heterocycles. The Labute approximate surface area is 146 Å². The molecule has 0 radical (unpaired) electrons. The summed E-state index contributed by atoms with van der Waals surface area (Å²) in [6.07, 6.45) is 1.55. The minimum atomic E-state index is 0.547. The molecule has 25 heavy (non-hydrogen) atoms. The van der Waals surface area contributed by atoms with Crippen LogP contribution in [0.3, 0.4) is 0 Å². The van der Waals surface area contributed by atoms with Crippen LogP contribution in [0.15, 0.2) is 60.8 Å². The topological polar surface area (TPSA) is 77.7 Å². The molecule has 0 atom stereocenters. The lowest BCUT2D eigenvalue weighted by molar-refractivity contribution is 0.771. The number of nitrogens with zero attached hydrogens (tertiary/aromatic N) is 5. The van der Waals surface area contributed by atoms with Crippen molar-refractivity contribution in [3.8, 4) is 6.07 Å². The monoisotopic (exact) mass is 330 g/mol. The molecule has 0 unspecified atom stereocenters. The van der Waals surface area contributed by atoms with Crippen LogP contribution < -0.4 is 10.2 Å². The third-order valence-electron chi connectivity index (χ3n) is 3.74. The van der Waals surface area contributed by atoms with Crippen molar-refractivity contribution in [3.05, 3.63) is 71.9 Å². The van der Waals surface area contributed by atoms with Crippen LogP contribution >= 0.6 is 0 Å². The second-order valence-corrected chi connectivity index (χ2v) is 5.42. The fraction of sp³-hybridized carbons (Fsp3) is 0.158. The van der Waals surface area contributed by atoms with E-state index in [-0.39, 0.29) is 0 Å². The number of hydrogen-bond donors (Lipinski definition) is 1. The first-order valence-electron chi connectivity index (χ1n) is 8.05. The van der Waals surface area contributed by atoms with Gasteiger partial charge in [-0.25, -0.2) is 0 Å². The van der Waals surface area contributed by atoms with Crippen molar-refractivity contribution >= 4 is 17.5 Å². The molecular weight excluding hydrogens is 312 g/mol. The molecule has 0 aliphatic rings. The van der Waals surface area contributed by atoms with E-state index in [2.05, 4.69) is 45.6 Å². The molecule has 0 aliphatic heterocycles. The SMILES string of the molecule is CCN(Cc1ccccc1)c1nncc(Nc2ccccc2C#N)n1. The molecule has 2 aromatic carbocycles. The molecule has 1 heterocycles. The van der Waals surface area contributed by atoms with E-state index in [1.807, 2.05) is 41.3 Å². The molecule has 0 saturated heterocycles. The van der Waals surface area contributed by atoms with E-state index in [1.165, 1.54) is 5.56 Å². The standard InChI is InChI=1S/C19H18N6/c1-2-25(14-15-8-4-3-5-9-15)19-23-18(13-21-24-19)22-17-11-7-6-10-16(17)12-20/h3-11,13H,2,14H2,1H3,(H,22,23,24). The molecule has 0 amide bonds. The highest BCUT2D eigenvalue weighted by atomic mass is 15.3. The third-order valence-corrected chi connectivity index (χ3v) is 3.74. The van der Waals surface area contributed by atoms with Crippen LogP contribution in [0.5, 0.6) is 0 Å². The van der Waals surface area contributed by atoms with E-state index in [0.29, 0.717) is 29.6 Å². The molecule has 1 N–H and O–H groups in total. The summed E-state index contributed by atoms with van der Waals surface area (Å²) in [6.45, 7) is 3.52. The number of hydrogen-bond acceptors (Lipinski definition) is 6. The summed E-state index contributed by atoms with van der Waals surface area (Å²) in [5.74, 6) is 1.10. The molecular formula is C19H18N6. The third kappa shape index (κ3) is 4.09. The Bertz CT molecular complexity index is 872. The van der Waals surface area contributed by atoms with Crippen LogP contribution in [-0.2, 0) is 6.54 Å². The average Bonchev–Trinajstić information content (AvgIpc) is 2.67. The zero-order chi connectivity index (χ0) is 17.5. The molecule has 6 nitrogen and oxygen atoms in total.